The van der Waals surface area contributed by atoms with E-state index < -0.39 is 0 Å². The lowest BCUT2D eigenvalue weighted by Crippen LogP contribution is -2.04. The fourth-order valence-corrected chi connectivity index (χ4v) is 3.14. The van der Waals surface area contributed by atoms with Gasteiger partial charge in [-0.15, -0.1) is 11.8 Å². The first-order valence-corrected chi connectivity index (χ1v) is 7.61. The third-order valence-corrected chi connectivity index (χ3v) is 4.45. The predicted octanol–water partition coefficient (Wildman–Crippen LogP) is 3.49. The molecular formula is C14H14ClN3S. The number of hydrogen-bond acceptors (Lipinski definition) is 4. The van der Waals surface area contributed by atoms with Crippen LogP contribution in [0.15, 0.2) is 29.2 Å². The highest BCUT2D eigenvalue weighted by molar-refractivity contribution is 7.98. The zero-order valence-electron chi connectivity index (χ0n) is 10.4. The SMILES string of the molecule is Nc1nc(CSc2ccc(Cl)cc2)nc2c1CCC2. The minimum atomic E-state index is 0.661. The topological polar surface area (TPSA) is 51.8 Å². The lowest BCUT2D eigenvalue weighted by molar-refractivity contribution is 0.893. The number of fused-ring (bicyclic) bond motifs is 1. The van der Waals surface area contributed by atoms with Crippen LogP contribution in [0.25, 0.3) is 0 Å². The standard InChI is InChI=1S/C14H14ClN3S/c15-9-4-6-10(7-5-9)19-8-13-17-12-3-1-2-11(12)14(16)18-13/h4-7H,1-3,8H2,(H2,16,17,18). The molecule has 0 saturated heterocycles. The fourth-order valence-electron chi connectivity index (χ4n) is 2.26. The minimum Gasteiger partial charge on any atom is -0.383 e. The molecule has 2 N–H and O–H groups in total. The zero-order chi connectivity index (χ0) is 13.2. The number of nitrogens with zero attached hydrogens (tertiary/aromatic N) is 2. The maximum atomic E-state index is 5.98. The lowest BCUT2D eigenvalue weighted by atomic mass is 10.2. The average molecular weight is 292 g/mol. The molecule has 5 heteroatoms. The Morgan fingerprint density at radius 3 is 2.74 bits per heavy atom. The van der Waals surface area contributed by atoms with Crippen molar-refractivity contribution in [2.45, 2.75) is 29.9 Å². The van der Waals surface area contributed by atoms with Crippen LogP contribution in [0.3, 0.4) is 0 Å². The van der Waals surface area contributed by atoms with Gasteiger partial charge in [0.1, 0.15) is 11.6 Å². The van der Waals surface area contributed by atoms with E-state index in [1.165, 1.54) is 0 Å². The Morgan fingerprint density at radius 2 is 1.95 bits per heavy atom. The molecule has 1 heterocycles. The summed E-state index contributed by atoms with van der Waals surface area (Å²) in [6.45, 7) is 0. The Balaban J connectivity index is 1.73. The molecule has 1 aliphatic carbocycles. The van der Waals surface area contributed by atoms with E-state index in [4.69, 9.17) is 17.3 Å². The molecule has 1 aromatic carbocycles. The van der Waals surface area contributed by atoms with Gasteiger partial charge in [-0.25, -0.2) is 9.97 Å². The van der Waals surface area contributed by atoms with Gasteiger partial charge in [-0.3, -0.25) is 0 Å². The highest BCUT2D eigenvalue weighted by atomic mass is 35.5. The second-order valence-electron chi connectivity index (χ2n) is 4.55. The average Bonchev–Trinajstić information content (AvgIpc) is 2.87. The van der Waals surface area contributed by atoms with Crippen molar-refractivity contribution in [2.75, 3.05) is 5.73 Å². The Bertz CT molecular complexity index is 598. The summed E-state index contributed by atoms with van der Waals surface area (Å²) in [6, 6.07) is 7.79. The van der Waals surface area contributed by atoms with Gasteiger partial charge in [-0.05, 0) is 43.5 Å². The summed E-state index contributed by atoms with van der Waals surface area (Å²) in [5.74, 6) is 2.21. The van der Waals surface area contributed by atoms with Gasteiger partial charge in [0.25, 0.3) is 0 Å². The smallest absolute Gasteiger partial charge is 0.141 e. The molecule has 0 unspecified atom stereocenters. The number of aromatic nitrogens is 2. The number of thioether (sulfide) groups is 1. The largest absolute Gasteiger partial charge is 0.383 e. The number of benzene rings is 1. The second-order valence-corrected chi connectivity index (χ2v) is 6.03. The molecule has 1 aromatic heterocycles. The van der Waals surface area contributed by atoms with Crippen molar-refractivity contribution in [3.63, 3.8) is 0 Å². The van der Waals surface area contributed by atoms with E-state index in [0.29, 0.717) is 5.82 Å². The van der Waals surface area contributed by atoms with Crippen LogP contribution in [0.1, 0.15) is 23.5 Å². The van der Waals surface area contributed by atoms with Crippen molar-refractivity contribution in [1.29, 1.82) is 0 Å². The van der Waals surface area contributed by atoms with Gasteiger partial charge in [-0.2, -0.15) is 0 Å². The minimum absolute atomic E-state index is 0.661. The van der Waals surface area contributed by atoms with Crippen LogP contribution in [0.2, 0.25) is 5.02 Å². The van der Waals surface area contributed by atoms with Gasteiger partial charge >= 0.3 is 0 Å². The van der Waals surface area contributed by atoms with Crippen LogP contribution in [0.4, 0.5) is 5.82 Å². The number of rotatable bonds is 3. The van der Waals surface area contributed by atoms with Crippen molar-refractivity contribution in [1.82, 2.24) is 9.97 Å². The molecule has 3 nitrogen and oxygen atoms in total. The number of anilines is 1. The molecule has 0 fully saturated rings. The van der Waals surface area contributed by atoms with Crippen molar-refractivity contribution >= 4 is 29.2 Å². The van der Waals surface area contributed by atoms with Gasteiger partial charge in [0.2, 0.25) is 0 Å². The molecule has 0 spiro atoms. The van der Waals surface area contributed by atoms with Gasteiger partial charge in [0, 0.05) is 21.2 Å². The Morgan fingerprint density at radius 1 is 1.16 bits per heavy atom. The normalized spacial score (nSPS) is 13.5. The molecule has 0 amide bonds. The zero-order valence-corrected chi connectivity index (χ0v) is 12.0. The summed E-state index contributed by atoms with van der Waals surface area (Å²) in [6.07, 6.45) is 3.19. The maximum absolute atomic E-state index is 5.98. The Labute approximate surface area is 121 Å². The molecule has 3 rings (SSSR count). The quantitative estimate of drug-likeness (QED) is 0.880. The molecule has 0 bridgehead atoms. The summed E-state index contributed by atoms with van der Waals surface area (Å²) < 4.78 is 0. The van der Waals surface area contributed by atoms with E-state index in [0.717, 1.165) is 52.0 Å². The number of halogens is 1. The van der Waals surface area contributed by atoms with Crippen LogP contribution >= 0.6 is 23.4 Å². The molecule has 0 radical (unpaired) electrons. The Kier molecular flexibility index (Phi) is 3.62. The monoisotopic (exact) mass is 291 g/mol. The van der Waals surface area contributed by atoms with E-state index in [9.17, 15) is 0 Å². The van der Waals surface area contributed by atoms with Gasteiger partial charge < -0.3 is 5.73 Å². The van der Waals surface area contributed by atoms with Gasteiger partial charge in [0.15, 0.2) is 0 Å². The maximum Gasteiger partial charge on any atom is 0.141 e. The predicted molar refractivity (Wildman–Crippen MR) is 79.5 cm³/mol. The molecule has 2 aromatic rings. The van der Waals surface area contributed by atoms with Gasteiger partial charge in [-0.1, -0.05) is 11.6 Å². The Hall–Kier alpha value is -1.26. The summed E-state index contributed by atoms with van der Waals surface area (Å²) in [5, 5.41) is 0.752. The lowest BCUT2D eigenvalue weighted by Gasteiger charge is -2.06. The molecule has 0 saturated carbocycles. The van der Waals surface area contributed by atoms with Crippen molar-refractivity contribution in [3.05, 3.63) is 46.4 Å². The van der Waals surface area contributed by atoms with E-state index in [1.807, 2.05) is 24.3 Å². The summed E-state index contributed by atoms with van der Waals surface area (Å²) in [5.41, 5.74) is 8.27. The molecule has 0 aliphatic heterocycles. The number of aryl methyl sites for hydroxylation is 1. The fraction of sp³-hybridized carbons (Fsp3) is 0.286. The van der Waals surface area contributed by atoms with E-state index in [1.54, 1.807) is 11.8 Å². The number of hydrogen-bond donors (Lipinski definition) is 1. The van der Waals surface area contributed by atoms with Crippen LogP contribution in [0.5, 0.6) is 0 Å². The first kappa shape index (κ1) is 12.8. The van der Waals surface area contributed by atoms with Crippen molar-refractivity contribution < 1.29 is 0 Å². The van der Waals surface area contributed by atoms with E-state index >= 15 is 0 Å². The highest BCUT2D eigenvalue weighted by Gasteiger charge is 2.17. The van der Waals surface area contributed by atoms with Crippen LogP contribution < -0.4 is 5.73 Å². The van der Waals surface area contributed by atoms with Crippen LogP contribution in [-0.4, -0.2) is 9.97 Å². The molecule has 0 atom stereocenters. The van der Waals surface area contributed by atoms with Crippen molar-refractivity contribution in [3.8, 4) is 0 Å². The highest BCUT2D eigenvalue weighted by Crippen LogP contribution is 2.27. The van der Waals surface area contributed by atoms with Crippen LogP contribution in [0, 0.1) is 0 Å². The van der Waals surface area contributed by atoms with Crippen molar-refractivity contribution in [2.24, 2.45) is 0 Å². The number of nitrogen functional groups attached to an aromatic ring is 1. The number of nitrogens with two attached hydrogens (primary N) is 1. The van der Waals surface area contributed by atoms with E-state index in [-0.39, 0.29) is 0 Å². The molecule has 98 valence electrons. The molecular weight excluding hydrogens is 278 g/mol. The third-order valence-electron chi connectivity index (χ3n) is 3.19. The molecule has 1 aliphatic rings. The van der Waals surface area contributed by atoms with E-state index in [2.05, 4.69) is 9.97 Å². The summed E-state index contributed by atoms with van der Waals surface area (Å²) in [4.78, 5) is 10.2. The second kappa shape index (κ2) is 5.39. The first-order chi connectivity index (χ1) is 9.22. The first-order valence-electron chi connectivity index (χ1n) is 6.25. The third kappa shape index (κ3) is 2.85. The summed E-state index contributed by atoms with van der Waals surface area (Å²) >= 11 is 7.56. The van der Waals surface area contributed by atoms with Gasteiger partial charge in [0.05, 0.1) is 5.75 Å². The molecule has 19 heavy (non-hydrogen) atoms. The van der Waals surface area contributed by atoms with Crippen LogP contribution in [-0.2, 0) is 18.6 Å². The summed E-state index contributed by atoms with van der Waals surface area (Å²) in [7, 11) is 0.